The zero-order valence-electron chi connectivity index (χ0n) is 10.3. The normalized spacial score (nSPS) is 11.2. The van der Waals surface area contributed by atoms with Gasteiger partial charge in [0.15, 0.2) is 0 Å². The molecule has 2 N–H and O–H groups in total. The highest BCUT2D eigenvalue weighted by molar-refractivity contribution is 9.10. The van der Waals surface area contributed by atoms with Gasteiger partial charge in [-0.3, -0.25) is 4.98 Å². The maximum atomic E-state index is 12.7. The molecule has 1 aromatic heterocycles. The van der Waals surface area contributed by atoms with Crippen LogP contribution < -0.4 is 5.32 Å². The topological polar surface area (TPSA) is 62.2 Å². The van der Waals surface area contributed by atoms with Gasteiger partial charge in [0.1, 0.15) is 0 Å². The predicted octanol–water partition coefficient (Wildman–Crippen LogP) is 4.30. The van der Waals surface area contributed by atoms with E-state index in [0.717, 1.165) is 12.1 Å². The number of carbonyl (C=O) groups is 1. The number of rotatable bonds is 3. The molecule has 0 unspecified atom stereocenters. The van der Waals surface area contributed by atoms with Crippen molar-refractivity contribution in [3.63, 3.8) is 0 Å². The minimum atomic E-state index is -4.48. The first-order chi connectivity index (χ1) is 9.79. The molecule has 8 heteroatoms. The number of aromatic nitrogens is 1. The highest BCUT2D eigenvalue weighted by atomic mass is 79.9. The Labute approximate surface area is 125 Å². The Balaban J connectivity index is 2.43. The summed E-state index contributed by atoms with van der Waals surface area (Å²) >= 11 is 3.12. The number of hydrogen-bond donors (Lipinski definition) is 2. The largest absolute Gasteiger partial charge is 0.478 e. The summed E-state index contributed by atoms with van der Waals surface area (Å²) in [6.07, 6.45) is -1.96. The lowest BCUT2D eigenvalue weighted by Gasteiger charge is -2.13. The second-order valence-electron chi connectivity index (χ2n) is 4.04. The fraction of sp³-hybridized carbons (Fsp3) is 0.0769. The number of anilines is 2. The number of benzene rings is 1. The van der Waals surface area contributed by atoms with Crippen LogP contribution in [0, 0.1) is 0 Å². The van der Waals surface area contributed by atoms with Gasteiger partial charge in [-0.15, -0.1) is 0 Å². The summed E-state index contributed by atoms with van der Waals surface area (Å²) in [6.45, 7) is 0. The van der Waals surface area contributed by atoms with Crippen molar-refractivity contribution in [3.05, 3.63) is 52.3 Å². The molecule has 4 nitrogen and oxygen atoms in total. The second kappa shape index (κ2) is 5.72. The number of hydrogen-bond acceptors (Lipinski definition) is 3. The smallest absolute Gasteiger partial charge is 0.416 e. The van der Waals surface area contributed by atoms with Gasteiger partial charge in [0, 0.05) is 10.7 Å². The summed E-state index contributed by atoms with van der Waals surface area (Å²) in [4.78, 5) is 14.8. The van der Waals surface area contributed by atoms with Crippen LogP contribution in [0.25, 0.3) is 0 Å². The average Bonchev–Trinajstić information content (AvgIpc) is 2.40. The fourth-order valence-electron chi connectivity index (χ4n) is 1.62. The van der Waals surface area contributed by atoms with Crippen LogP contribution in [-0.4, -0.2) is 16.1 Å². The Bertz CT molecular complexity index is 689. The lowest BCUT2D eigenvalue weighted by molar-refractivity contribution is -0.137. The minimum Gasteiger partial charge on any atom is -0.478 e. The number of alkyl halides is 3. The predicted molar refractivity (Wildman–Crippen MR) is 73.6 cm³/mol. The molecule has 0 radical (unpaired) electrons. The van der Waals surface area contributed by atoms with Crippen molar-refractivity contribution in [1.29, 1.82) is 0 Å². The first kappa shape index (κ1) is 15.3. The molecule has 2 aromatic rings. The molecule has 0 saturated heterocycles. The summed E-state index contributed by atoms with van der Waals surface area (Å²) in [6, 6.07) is 4.31. The van der Waals surface area contributed by atoms with E-state index in [1.54, 1.807) is 0 Å². The molecule has 0 aliphatic heterocycles. The minimum absolute atomic E-state index is 0.0886. The van der Waals surface area contributed by atoms with Crippen LogP contribution in [0.3, 0.4) is 0 Å². The van der Waals surface area contributed by atoms with Gasteiger partial charge >= 0.3 is 12.1 Å². The molecule has 0 amide bonds. The summed E-state index contributed by atoms with van der Waals surface area (Å²) in [5, 5.41) is 11.7. The van der Waals surface area contributed by atoms with Crippen molar-refractivity contribution in [2.24, 2.45) is 0 Å². The van der Waals surface area contributed by atoms with Gasteiger partial charge in [0.05, 0.1) is 28.7 Å². The molecule has 0 aliphatic rings. The number of aromatic carboxylic acids is 1. The van der Waals surface area contributed by atoms with E-state index in [2.05, 4.69) is 26.2 Å². The zero-order chi connectivity index (χ0) is 15.6. The molecule has 1 heterocycles. The quantitative estimate of drug-likeness (QED) is 0.856. The van der Waals surface area contributed by atoms with Crippen molar-refractivity contribution < 1.29 is 23.1 Å². The van der Waals surface area contributed by atoms with Crippen LogP contribution in [0.5, 0.6) is 0 Å². The van der Waals surface area contributed by atoms with Crippen molar-refractivity contribution in [2.45, 2.75) is 6.18 Å². The number of nitrogens with one attached hydrogen (secondary N) is 1. The van der Waals surface area contributed by atoms with Gasteiger partial charge in [0.25, 0.3) is 0 Å². The molecule has 1 aromatic carbocycles. The van der Waals surface area contributed by atoms with Gasteiger partial charge in [0.2, 0.25) is 0 Å². The van der Waals surface area contributed by atoms with Gasteiger partial charge in [-0.1, -0.05) is 0 Å². The van der Waals surface area contributed by atoms with Crippen LogP contribution in [0.2, 0.25) is 0 Å². The lowest BCUT2D eigenvalue weighted by atomic mass is 10.1. The molecule has 0 saturated carbocycles. The fourth-order valence-corrected chi connectivity index (χ4v) is 1.97. The lowest BCUT2D eigenvalue weighted by Crippen LogP contribution is -2.07. The van der Waals surface area contributed by atoms with Crippen LogP contribution in [0.15, 0.2) is 41.1 Å². The highest BCUT2D eigenvalue weighted by Crippen LogP contribution is 2.35. The molecular formula is C13H8BrF3N2O2. The maximum Gasteiger partial charge on any atom is 0.416 e. The molecule has 110 valence electrons. The van der Waals surface area contributed by atoms with E-state index in [9.17, 15) is 18.0 Å². The van der Waals surface area contributed by atoms with Gasteiger partial charge in [-0.05, 0) is 40.2 Å². The molecule has 2 rings (SSSR count). The van der Waals surface area contributed by atoms with E-state index in [1.165, 1.54) is 24.5 Å². The second-order valence-corrected chi connectivity index (χ2v) is 4.90. The third-order valence-corrected chi connectivity index (χ3v) is 3.31. The SMILES string of the molecule is O=C(O)c1ccncc1Nc1cc(C(F)(F)F)ccc1Br. The average molecular weight is 361 g/mol. The molecular weight excluding hydrogens is 353 g/mol. The summed E-state index contributed by atoms with van der Waals surface area (Å²) in [7, 11) is 0. The van der Waals surface area contributed by atoms with Crippen molar-refractivity contribution in [3.8, 4) is 0 Å². The number of carboxylic acids is 1. The molecule has 0 spiro atoms. The van der Waals surface area contributed by atoms with Crippen molar-refractivity contribution in [2.75, 3.05) is 5.32 Å². The summed E-state index contributed by atoms with van der Waals surface area (Å²) in [5.74, 6) is -1.21. The van der Waals surface area contributed by atoms with E-state index < -0.39 is 17.7 Å². The molecule has 21 heavy (non-hydrogen) atoms. The third-order valence-electron chi connectivity index (χ3n) is 2.61. The third kappa shape index (κ3) is 3.52. The number of carboxylic acid groups (broad SMARTS) is 1. The Morgan fingerprint density at radius 1 is 1.24 bits per heavy atom. The summed E-state index contributed by atoms with van der Waals surface area (Å²) < 4.78 is 38.5. The van der Waals surface area contributed by atoms with E-state index in [1.807, 2.05) is 0 Å². The number of nitrogens with zero attached hydrogens (tertiary/aromatic N) is 1. The number of pyridine rings is 1. The highest BCUT2D eigenvalue weighted by Gasteiger charge is 2.31. The van der Waals surface area contributed by atoms with Crippen LogP contribution in [-0.2, 0) is 6.18 Å². The van der Waals surface area contributed by atoms with Crippen LogP contribution >= 0.6 is 15.9 Å². The van der Waals surface area contributed by atoms with Gasteiger partial charge < -0.3 is 10.4 Å². The van der Waals surface area contributed by atoms with E-state index in [4.69, 9.17) is 5.11 Å². The monoisotopic (exact) mass is 360 g/mol. The number of halogens is 4. The van der Waals surface area contributed by atoms with E-state index in [-0.39, 0.29) is 16.9 Å². The molecule has 0 fully saturated rings. The molecule has 0 atom stereocenters. The van der Waals surface area contributed by atoms with E-state index in [0.29, 0.717) is 4.47 Å². The molecule has 0 bridgehead atoms. The van der Waals surface area contributed by atoms with Crippen molar-refractivity contribution in [1.82, 2.24) is 4.98 Å². The van der Waals surface area contributed by atoms with Gasteiger partial charge in [-0.2, -0.15) is 13.2 Å². The summed E-state index contributed by atoms with van der Waals surface area (Å²) in [5.41, 5.74) is -0.728. The maximum absolute atomic E-state index is 12.7. The van der Waals surface area contributed by atoms with E-state index >= 15 is 0 Å². The standard InChI is InChI=1S/C13H8BrF3N2O2/c14-9-2-1-7(13(15,16)17)5-10(9)19-11-6-18-4-3-8(11)12(20)21/h1-6,19H,(H,20,21). The first-order valence-electron chi connectivity index (χ1n) is 5.60. The Morgan fingerprint density at radius 3 is 2.57 bits per heavy atom. The Hall–Kier alpha value is -2.09. The first-order valence-corrected chi connectivity index (χ1v) is 6.39. The zero-order valence-corrected chi connectivity index (χ0v) is 11.9. The Kier molecular flexibility index (Phi) is 4.17. The van der Waals surface area contributed by atoms with Crippen LogP contribution in [0.4, 0.5) is 24.5 Å². The van der Waals surface area contributed by atoms with Crippen LogP contribution in [0.1, 0.15) is 15.9 Å². The Morgan fingerprint density at radius 2 is 1.95 bits per heavy atom. The van der Waals surface area contributed by atoms with Gasteiger partial charge in [-0.25, -0.2) is 4.79 Å². The molecule has 0 aliphatic carbocycles. The van der Waals surface area contributed by atoms with Crippen molar-refractivity contribution >= 4 is 33.3 Å².